The van der Waals surface area contributed by atoms with Gasteiger partial charge in [-0.25, -0.2) is 0 Å². The monoisotopic (exact) mass is 562 g/mol. The van der Waals surface area contributed by atoms with Crippen molar-refractivity contribution in [2.75, 3.05) is 0 Å². The van der Waals surface area contributed by atoms with Gasteiger partial charge in [0.05, 0.1) is 27.9 Å². The fourth-order valence-electron chi connectivity index (χ4n) is 6.54. The molecule has 0 amide bonds. The van der Waals surface area contributed by atoms with Gasteiger partial charge in [0.2, 0.25) is 0 Å². The highest BCUT2D eigenvalue weighted by molar-refractivity contribution is 6.15. The average molecular weight is 563 g/mol. The number of benzene rings is 5. The number of aromatic nitrogens is 4. The molecule has 0 radical (unpaired) electrons. The van der Waals surface area contributed by atoms with E-state index in [1.54, 1.807) is 0 Å². The number of para-hydroxylation sites is 2. The molecule has 0 aliphatic heterocycles. The summed E-state index contributed by atoms with van der Waals surface area (Å²) in [5, 5.41) is 6.11. The van der Waals surface area contributed by atoms with Crippen LogP contribution in [0.4, 0.5) is 0 Å². The Labute approximate surface area is 254 Å². The Morgan fingerprint density at radius 2 is 1.07 bits per heavy atom. The summed E-state index contributed by atoms with van der Waals surface area (Å²) in [6, 6.07) is 49.6. The van der Waals surface area contributed by atoms with Crippen molar-refractivity contribution in [1.82, 2.24) is 19.1 Å². The fourth-order valence-corrected chi connectivity index (χ4v) is 6.54. The summed E-state index contributed by atoms with van der Waals surface area (Å²) in [6.07, 6.45) is 5.86. The number of hydrogen-bond acceptors (Lipinski definition) is 2. The highest BCUT2D eigenvalue weighted by Crippen LogP contribution is 2.38. The molecule has 0 aliphatic rings. The summed E-state index contributed by atoms with van der Waals surface area (Å²) in [6.45, 7) is 0. The number of rotatable bonds is 4. The van der Waals surface area contributed by atoms with Crippen LogP contribution in [0.25, 0.3) is 77.4 Å². The zero-order chi connectivity index (χ0) is 29.0. The SMILES string of the molecule is c1ccc(-n2ccc3cc4cc5c(cc4cc32)c2ccccc2n5-c2cc(-c3ccccn3)cc(-c3ccccn3)c2)cc1. The van der Waals surface area contributed by atoms with Gasteiger partial charge in [-0.2, -0.15) is 0 Å². The second-order valence-electron chi connectivity index (χ2n) is 11.2. The second-order valence-corrected chi connectivity index (χ2v) is 11.2. The molecule has 5 aromatic carbocycles. The maximum absolute atomic E-state index is 4.69. The van der Waals surface area contributed by atoms with E-state index in [2.05, 4.69) is 131 Å². The Morgan fingerprint density at radius 3 is 1.80 bits per heavy atom. The lowest BCUT2D eigenvalue weighted by Crippen LogP contribution is -1.97. The molecule has 0 bridgehead atoms. The van der Waals surface area contributed by atoms with Crippen molar-refractivity contribution in [2.45, 2.75) is 0 Å². The van der Waals surface area contributed by atoms with Crippen LogP contribution >= 0.6 is 0 Å². The van der Waals surface area contributed by atoms with E-state index in [4.69, 9.17) is 9.97 Å². The zero-order valence-corrected chi connectivity index (χ0v) is 23.8. The first-order chi connectivity index (χ1) is 21.8. The van der Waals surface area contributed by atoms with E-state index in [-0.39, 0.29) is 0 Å². The predicted molar refractivity (Wildman–Crippen MR) is 182 cm³/mol. The first-order valence-corrected chi connectivity index (χ1v) is 14.8. The molecule has 206 valence electrons. The minimum absolute atomic E-state index is 0.933. The standard InChI is InChI=1S/C40H26N4/c1-2-10-32(11-3-1)43-19-16-27-20-28-26-40-35(24-29(28)25-39(27)43)34-12-4-5-15-38(34)44(40)33-22-30(36-13-6-8-17-41-36)21-31(23-33)37-14-7-9-18-42-37/h1-26H. The van der Waals surface area contributed by atoms with Crippen LogP contribution in [0.5, 0.6) is 0 Å². The molecule has 4 nitrogen and oxygen atoms in total. The number of hydrogen-bond donors (Lipinski definition) is 0. The van der Waals surface area contributed by atoms with E-state index in [9.17, 15) is 0 Å². The van der Waals surface area contributed by atoms with Gasteiger partial charge in [-0.3, -0.25) is 9.97 Å². The molecule has 4 heteroatoms. The molecular weight excluding hydrogens is 536 g/mol. The molecule has 0 saturated heterocycles. The second kappa shape index (κ2) is 9.79. The van der Waals surface area contributed by atoms with Crippen LogP contribution in [0, 0.1) is 0 Å². The number of fused-ring (bicyclic) bond motifs is 5. The fraction of sp³-hybridized carbons (Fsp3) is 0. The van der Waals surface area contributed by atoms with Crippen molar-refractivity contribution in [3.8, 4) is 33.9 Å². The molecule has 0 unspecified atom stereocenters. The van der Waals surface area contributed by atoms with E-state index in [0.717, 1.165) is 33.9 Å². The number of nitrogens with zero attached hydrogens (tertiary/aromatic N) is 4. The van der Waals surface area contributed by atoms with E-state index in [1.165, 1.54) is 43.5 Å². The Kier molecular flexibility index (Phi) is 5.47. The minimum Gasteiger partial charge on any atom is -0.317 e. The zero-order valence-electron chi connectivity index (χ0n) is 23.8. The lowest BCUT2D eigenvalue weighted by atomic mass is 10.0. The molecule has 9 aromatic rings. The summed E-state index contributed by atoms with van der Waals surface area (Å²) in [5.74, 6) is 0. The maximum atomic E-state index is 4.69. The maximum Gasteiger partial charge on any atom is 0.0702 e. The molecule has 0 N–H and O–H groups in total. The molecule has 4 heterocycles. The summed E-state index contributed by atoms with van der Waals surface area (Å²) in [4.78, 5) is 9.39. The van der Waals surface area contributed by atoms with Crippen LogP contribution < -0.4 is 0 Å². The van der Waals surface area contributed by atoms with Gasteiger partial charge < -0.3 is 9.13 Å². The highest BCUT2D eigenvalue weighted by Gasteiger charge is 2.16. The van der Waals surface area contributed by atoms with Crippen LogP contribution in [0.1, 0.15) is 0 Å². The predicted octanol–water partition coefficient (Wildman–Crippen LogP) is 10.0. The first kappa shape index (κ1) is 24.6. The summed E-state index contributed by atoms with van der Waals surface area (Å²) in [5.41, 5.74) is 9.76. The van der Waals surface area contributed by atoms with Gasteiger partial charge in [-0.1, -0.05) is 48.5 Å². The first-order valence-electron chi connectivity index (χ1n) is 14.8. The van der Waals surface area contributed by atoms with E-state index >= 15 is 0 Å². The minimum atomic E-state index is 0.933. The van der Waals surface area contributed by atoms with Crippen molar-refractivity contribution in [3.63, 3.8) is 0 Å². The molecule has 4 aromatic heterocycles. The van der Waals surface area contributed by atoms with Gasteiger partial charge >= 0.3 is 0 Å². The Balaban J connectivity index is 1.32. The Hall–Kier alpha value is -6.00. The summed E-state index contributed by atoms with van der Waals surface area (Å²) in [7, 11) is 0. The van der Waals surface area contributed by atoms with E-state index < -0.39 is 0 Å². The molecule has 9 rings (SSSR count). The van der Waals surface area contributed by atoms with Crippen LogP contribution in [0.2, 0.25) is 0 Å². The highest BCUT2D eigenvalue weighted by atomic mass is 15.0. The van der Waals surface area contributed by atoms with Gasteiger partial charge in [0.25, 0.3) is 0 Å². The average Bonchev–Trinajstić information content (AvgIpc) is 3.65. The molecule has 44 heavy (non-hydrogen) atoms. The molecule has 0 aliphatic carbocycles. The van der Waals surface area contributed by atoms with Crippen molar-refractivity contribution in [1.29, 1.82) is 0 Å². The van der Waals surface area contributed by atoms with Crippen LogP contribution in [0.15, 0.2) is 158 Å². The number of pyridine rings is 2. The lowest BCUT2D eigenvalue weighted by Gasteiger charge is -2.13. The lowest BCUT2D eigenvalue weighted by molar-refractivity contribution is 1.13. The third-order valence-electron chi connectivity index (χ3n) is 8.57. The van der Waals surface area contributed by atoms with Crippen LogP contribution in [-0.4, -0.2) is 19.1 Å². The van der Waals surface area contributed by atoms with Gasteiger partial charge in [0.15, 0.2) is 0 Å². The normalized spacial score (nSPS) is 11.6. The topological polar surface area (TPSA) is 35.6 Å². The van der Waals surface area contributed by atoms with Crippen molar-refractivity contribution in [2.24, 2.45) is 0 Å². The van der Waals surface area contributed by atoms with Gasteiger partial charge in [0.1, 0.15) is 0 Å². The molecule has 0 atom stereocenters. The van der Waals surface area contributed by atoms with Crippen LogP contribution in [0.3, 0.4) is 0 Å². The molecular formula is C40H26N4. The summed E-state index contributed by atoms with van der Waals surface area (Å²) >= 11 is 0. The third-order valence-corrected chi connectivity index (χ3v) is 8.57. The molecule has 0 saturated carbocycles. The quantitative estimate of drug-likeness (QED) is 0.214. The van der Waals surface area contributed by atoms with Crippen molar-refractivity contribution < 1.29 is 0 Å². The van der Waals surface area contributed by atoms with Crippen molar-refractivity contribution >= 4 is 43.5 Å². The van der Waals surface area contributed by atoms with Gasteiger partial charge in [-0.15, -0.1) is 0 Å². The Bertz CT molecular complexity index is 2420. The van der Waals surface area contributed by atoms with Crippen LogP contribution in [-0.2, 0) is 0 Å². The van der Waals surface area contributed by atoms with Crippen molar-refractivity contribution in [3.05, 3.63) is 158 Å². The summed E-state index contributed by atoms with van der Waals surface area (Å²) < 4.78 is 4.66. The van der Waals surface area contributed by atoms with E-state index in [0.29, 0.717) is 0 Å². The van der Waals surface area contributed by atoms with Gasteiger partial charge in [-0.05, 0) is 102 Å². The third kappa shape index (κ3) is 3.92. The van der Waals surface area contributed by atoms with Gasteiger partial charge in [0, 0.05) is 57.3 Å². The molecule has 0 fully saturated rings. The largest absolute Gasteiger partial charge is 0.317 e. The Morgan fingerprint density at radius 1 is 0.409 bits per heavy atom. The smallest absolute Gasteiger partial charge is 0.0702 e. The molecule has 0 spiro atoms. The van der Waals surface area contributed by atoms with E-state index in [1.807, 2.05) is 36.7 Å².